The number of hydrogen-bond donors (Lipinski definition) is 0. The van der Waals surface area contributed by atoms with Crippen molar-refractivity contribution in [3.63, 3.8) is 0 Å². The highest BCUT2D eigenvalue weighted by Gasteiger charge is 2.24. The minimum Gasteiger partial charge on any atom is -0.490 e. The predicted molar refractivity (Wildman–Crippen MR) is 138 cm³/mol. The number of halogens is 3. The van der Waals surface area contributed by atoms with E-state index in [9.17, 15) is 4.79 Å². The number of nitrogens with zero attached hydrogens (tertiary/aromatic N) is 2. The Bertz CT molecular complexity index is 1380. The van der Waals surface area contributed by atoms with E-state index in [2.05, 4.69) is 34.8 Å². The monoisotopic (exact) mass is 568 g/mol. The summed E-state index contributed by atoms with van der Waals surface area (Å²) in [5, 5.41) is 1.11. The highest BCUT2D eigenvalue weighted by molar-refractivity contribution is 9.10. The van der Waals surface area contributed by atoms with E-state index in [4.69, 9.17) is 32.7 Å². The number of fused-ring (bicyclic) bond motifs is 1. The fraction of sp³-hybridized carbons (Fsp3) is 0.333. The van der Waals surface area contributed by atoms with Crippen LogP contribution in [0.15, 0.2) is 44.6 Å². The summed E-state index contributed by atoms with van der Waals surface area (Å²) in [5.41, 5.74) is 1.61. The number of hydrogen-bond acceptors (Lipinski definition) is 5. The molecule has 0 bridgehead atoms. The van der Waals surface area contributed by atoms with Crippen LogP contribution in [0, 0.1) is 5.41 Å². The van der Waals surface area contributed by atoms with E-state index in [-0.39, 0.29) is 17.6 Å². The molecule has 0 atom stereocenters. The molecule has 1 aliphatic heterocycles. The molecule has 2 aromatic carbocycles. The largest absolute Gasteiger partial charge is 0.490 e. The summed E-state index contributed by atoms with van der Waals surface area (Å²) in [6.07, 6.45) is 1.87. The lowest BCUT2D eigenvalue weighted by molar-refractivity contribution is 0.267. The zero-order valence-corrected chi connectivity index (χ0v) is 22.4. The van der Waals surface area contributed by atoms with Crippen LogP contribution in [0.1, 0.15) is 31.9 Å². The summed E-state index contributed by atoms with van der Waals surface area (Å²) in [7, 11) is 0. The van der Waals surface area contributed by atoms with Gasteiger partial charge in [-0.05, 0) is 58.8 Å². The topological polar surface area (TPSA) is 52.8 Å². The van der Waals surface area contributed by atoms with E-state index < -0.39 is 0 Å². The van der Waals surface area contributed by atoms with Crippen molar-refractivity contribution in [2.45, 2.75) is 33.9 Å². The first-order valence-corrected chi connectivity index (χ1v) is 12.8. The molecule has 0 spiro atoms. The lowest BCUT2D eigenvalue weighted by Gasteiger charge is -2.25. The Kier molecular flexibility index (Phi) is 7.24. The van der Waals surface area contributed by atoms with Gasteiger partial charge in [0.15, 0.2) is 16.3 Å². The molecule has 0 aliphatic carbocycles. The third-order valence-electron chi connectivity index (χ3n) is 5.13. The van der Waals surface area contributed by atoms with E-state index in [0.29, 0.717) is 39.2 Å². The Hall–Kier alpha value is -1.80. The molecular weight excluding hydrogens is 547 g/mol. The number of ether oxygens (including phenoxy) is 2. The van der Waals surface area contributed by atoms with Crippen molar-refractivity contribution in [1.82, 2.24) is 4.57 Å². The number of rotatable bonds is 6. The summed E-state index contributed by atoms with van der Waals surface area (Å²) in [6, 6.07) is 9.07. The molecule has 9 heteroatoms. The first-order chi connectivity index (χ1) is 15.7. The maximum Gasteiger partial charge on any atom is 0.270 e. The average Bonchev–Trinajstić information content (AvgIpc) is 3.03. The van der Waals surface area contributed by atoms with Gasteiger partial charge in [-0.25, -0.2) is 0 Å². The molecule has 0 fully saturated rings. The molecule has 0 radical (unpaired) electrons. The summed E-state index contributed by atoms with van der Waals surface area (Å²) < 4.78 is 15.0. The molecule has 0 unspecified atom stereocenters. The second kappa shape index (κ2) is 9.82. The molecule has 174 valence electrons. The van der Waals surface area contributed by atoms with Gasteiger partial charge in [-0.3, -0.25) is 14.4 Å². The van der Waals surface area contributed by atoms with Crippen molar-refractivity contribution in [3.8, 4) is 11.5 Å². The Morgan fingerprint density at radius 1 is 1.24 bits per heavy atom. The number of aromatic nitrogens is 1. The van der Waals surface area contributed by atoms with Crippen LogP contribution in [-0.2, 0) is 13.2 Å². The van der Waals surface area contributed by atoms with E-state index in [1.807, 2.05) is 31.2 Å². The van der Waals surface area contributed by atoms with Crippen molar-refractivity contribution < 1.29 is 9.47 Å². The minimum atomic E-state index is -0.0215. The molecule has 0 saturated heterocycles. The van der Waals surface area contributed by atoms with Crippen LogP contribution >= 0.6 is 50.5 Å². The molecule has 0 amide bonds. The molecular formula is C24H23BrCl2N2O3S. The van der Waals surface area contributed by atoms with Crippen LogP contribution in [-0.4, -0.2) is 17.7 Å². The van der Waals surface area contributed by atoms with Gasteiger partial charge < -0.3 is 9.47 Å². The SMILES string of the molecule is CCOc1cc(/C=c2\sc3n(c2=O)CC(C)(C)CN=3)cc(Br)c1OCc1ccc(Cl)cc1Cl. The van der Waals surface area contributed by atoms with Gasteiger partial charge in [-0.1, -0.05) is 54.5 Å². The maximum atomic E-state index is 13.0. The molecule has 0 N–H and O–H groups in total. The second-order valence-corrected chi connectivity index (χ2v) is 11.3. The van der Waals surface area contributed by atoms with E-state index in [0.717, 1.165) is 26.9 Å². The Morgan fingerprint density at radius 3 is 2.76 bits per heavy atom. The lowest BCUT2D eigenvalue weighted by Crippen LogP contribution is -2.41. The Morgan fingerprint density at radius 2 is 2.03 bits per heavy atom. The smallest absolute Gasteiger partial charge is 0.270 e. The Labute approximate surface area is 214 Å². The van der Waals surface area contributed by atoms with Gasteiger partial charge in [0.25, 0.3) is 5.56 Å². The first-order valence-electron chi connectivity index (χ1n) is 10.5. The van der Waals surface area contributed by atoms with Gasteiger partial charge in [0.2, 0.25) is 0 Å². The quantitative estimate of drug-likeness (QED) is 0.397. The Balaban J connectivity index is 1.68. The van der Waals surface area contributed by atoms with Gasteiger partial charge in [0.05, 0.1) is 15.6 Å². The van der Waals surface area contributed by atoms with Crippen molar-refractivity contribution >= 4 is 56.5 Å². The molecule has 0 saturated carbocycles. The summed E-state index contributed by atoms with van der Waals surface area (Å²) in [5.74, 6) is 1.15. The zero-order valence-electron chi connectivity index (χ0n) is 18.5. The first kappa shape index (κ1) is 24.3. The van der Waals surface area contributed by atoms with Crippen molar-refractivity contribution in [1.29, 1.82) is 0 Å². The third-order valence-corrected chi connectivity index (χ3v) is 7.35. The molecule has 33 heavy (non-hydrogen) atoms. The molecule has 1 aliphatic rings. The van der Waals surface area contributed by atoms with E-state index in [1.165, 1.54) is 11.3 Å². The normalized spacial score (nSPS) is 15.2. The van der Waals surface area contributed by atoms with Gasteiger partial charge in [0.1, 0.15) is 6.61 Å². The maximum absolute atomic E-state index is 13.0. The molecule has 3 aromatic rings. The van der Waals surface area contributed by atoms with Crippen LogP contribution in [0.25, 0.3) is 6.08 Å². The number of benzene rings is 2. The summed E-state index contributed by atoms with van der Waals surface area (Å²) in [4.78, 5) is 18.4. The van der Waals surface area contributed by atoms with E-state index in [1.54, 1.807) is 16.7 Å². The van der Waals surface area contributed by atoms with E-state index >= 15 is 0 Å². The van der Waals surface area contributed by atoms with Gasteiger partial charge in [0, 0.05) is 34.1 Å². The third kappa shape index (κ3) is 5.48. The van der Waals surface area contributed by atoms with Crippen LogP contribution < -0.4 is 24.4 Å². The van der Waals surface area contributed by atoms with Gasteiger partial charge >= 0.3 is 0 Å². The standard InChI is InChI=1S/C24H23BrCl2N2O3S/c1-4-31-19-8-14(9-20-22(30)29-13-24(2,3)12-28-23(29)33-20)7-17(25)21(19)32-11-15-5-6-16(26)10-18(15)27/h5-10H,4,11-13H2,1-3H3/b20-9-. The van der Waals surface area contributed by atoms with Gasteiger partial charge in [-0.2, -0.15) is 0 Å². The number of thiazole rings is 1. The van der Waals surface area contributed by atoms with Crippen molar-refractivity contribution in [2.24, 2.45) is 10.4 Å². The predicted octanol–water partition coefficient (Wildman–Crippen LogP) is 5.45. The van der Waals surface area contributed by atoms with Crippen molar-refractivity contribution in [2.75, 3.05) is 13.2 Å². The molecule has 4 rings (SSSR count). The molecule has 5 nitrogen and oxygen atoms in total. The lowest BCUT2D eigenvalue weighted by atomic mass is 9.93. The zero-order chi connectivity index (χ0) is 23.8. The average molecular weight is 570 g/mol. The summed E-state index contributed by atoms with van der Waals surface area (Å²) in [6.45, 7) is 8.26. The van der Waals surface area contributed by atoms with Crippen LogP contribution in [0.2, 0.25) is 10.0 Å². The van der Waals surface area contributed by atoms with Crippen molar-refractivity contribution in [3.05, 3.63) is 75.7 Å². The van der Waals surface area contributed by atoms with Crippen LogP contribution in [0.5, 0.6) is 11.5 Å². The molecule has 2 heterocycles. The van der Waals surface area contributed by atoms with Gasteiger partial charge in [-0.15, -0.1) is 0 Å². The summed E-state index contributed by atoms with van der Waals surface area (Å²) >= 11 is 17.3. The van der Waals surface area contributed by atoms with Crippen LogP contribution in [0.3, 0.4) is 0 Å². The fourth-order valence-corrected chi connectivity index (χ4v) is 5.55. The highest BCUT2D eigenvalue weighted by Crippen LogP contribution is 2.38. The second-order valence-electron chi connectivity index (χ2n) is 8.55. The fourth-order valence-electron chi connectivity index (χ4n) is 3.54. The highest BCUT2D eigenvalue weighted by atomic mass is 79.9. The molecule has 1 aromatic heterocycles. The minimum absolute atomic E-state index is 0.0154. The van der Waals surface area contributed by atoms with Crippen LogP contribution in [0.4, 0.5) is 0 Å².